The van der Waals surface area contributed by atoms with E-state index in [1.807, 2.05) is 18.2 Å². The van der Waals surface area contributed by atoms with E-state index in [2.05, 4.69) is 15.9 Å². The average Bonchev–Trinajstić information content (AvgIpc) is 3.19. The maximum Gasteiger partial charge on any atom is 0.177 e. The molecule has 1 aromatic rings. The summed E-state index contributed by atoms with van der Waals surface area (Å²) in [7, 11) is 0. The summed E-state index contributed by atoms with van der Waals surface area (Å²) in [5.41, 5.74) is -3.56. The van der Waals surface area contributed by atoms with E-state index >= 15 is 0 Å². The van der Waals surface area contributed by atoms with E-state index in [1.165, 1.54) is 0 Å². The minimum absolute atomic E-state index is 0.502. The maximum absolute atomic E-state index is 9.64. The van der Waals surface area contributed by atoms with Gasteiger partial charge in [-0.1, -0.05) is 28.1 Å². The van der Waals surface area contributed by atoms with Crippen LogP contribution in [0.3, 0.4) is 0 Å². The van der Waals surface area contributed by atoms with Crippen molar-refractivity contribution in [3.05, 3.63) is 34.3 Å². The third-order valence-corrected chi connectivity index (χ3v) is 4.58. The van der Waals surface area contributed by atoms with Crippen LogP contribution in [0.5, 0.6) is 0 Å². The average molecular weight is 363 g/mol. The van der Waals surface area contributed by atoms with Gasteiger partial charge in [0.15, 0.2) is 11.3 Å². The summed E-state index contributed by atoms with van der Waals surface area (Å²) in [4.78, 5) is 0. The van der Waals surface area contributed by atoms with Gasteiger partial charge in [0, 0.05) is 10.4 Å². The van der Waals surface area contributed by atoms with E-state index in [1.54, 1.807) is 36.4 Å². The van der Waals surface area contributed by atoms with Gasteiger partial charge in [0.2, 0.25) is 0 Å². The van der Waals surface area contributed by atoms with E-state index in [9.17, 15) is 15.8 Å². The second-order valence-electron chi connectivity index (χ2n) is 5.04. The van der Waals surface area contributed by atoms with Crippen LogP contribution >= 0.6 is 15.9 Å². The van der Waals surface area contributed by atoms with Crippen molar-refractivity contribution in [2.75, 3.05) is 0 Å². The first kappa shape index (κ1) is 16.2. The SMILES string of the molecule is N#CC(C#N)C(=N)[C@]1(C#N)[C@@H](c2cccc(Br)c2)C1(C#N)C#N. The molecule has 0 radical (unpaired) electrons. The highest BCUT2D eigenvalue weighted by atomic mass is 79.9. The van der Waals surface area contributed by atoms with E-state index in [0.717, 1.165) is 0 Å². The van der Waals surface area contributed by atoms with E-state index in [0.29, 0.717) is 10.0 Å². The quantitative estimate of drug-likeness (QED) is 0.821. The molecule has 108 valence electrons. The Balaban J connectivity index is 2.69. The van der Waals surface area contributed by atoms with Crippen molar-refractivity contribution in [2.24, 2.45) is 16.7 Å². The third-order valence-electron chi connectivity index (χ3n) is 4.09. The molecule has 1 aromatic carbocycles. The maximum atomic E-state index is 9.64. The molecule has 0 unspecified atom stereocenters. The molecule has 1 N–H and O–H groups in total. The summed E-state index contributed by atoms with van der Waals surface area (Å²) >= 11 is 3.29. The number of rotatable bonds is 3. The lowest BCUT2D eigenvalue weighted by Crippen LogP contribution is -2.26. The summed E-state index contributed by atoms with van der Waals surface area (Å²) in [6.45, 7) is 0. The Morgan fingerprint density at radius 2 is 1.70 bits per heavy atom. The molecule has 6 nitrogen and oxygen atoms in total. The highest BCUT2D eigenvalue weighted by molar-refractivity contribution is 9.10. The van der Waals surface area contributed by atoms with Gasteiger partial charge in [-0.3, -0.25) is 0 Å². The molecule has 0 aromatic heterocycles. The topological polar surface area (TPSA) is 143 Å². The molecule has 2 atom stereocenters. The van der Waals surface area contributed by atoms with Crippen LogP contribution in [0.1, 0.15) is 11.5 Å². The predicted molar refractivity (Wildman–Crippen MR) is 81.0 cm³/mol. The van der Waals surface area contributed by atoms with Crippen molar-refractivity contribution in [3.63, 3.8) is 0 Å². The van der Waals surface area contributed by atoms with Gasteiger partial charge in [0.1, 0.15) is 5.41 Å². The first-order valence-electron chi connectivity index (χ1n) is 6.36. The lowest BCUT2D eigenvalue weighted by molar-refractivity contribution is 0.726. The van der Waals surface area contributed by atoms with Crippen molar-refractivity contribution in [1.82, 2.24) is 0 Å². The first-order chi connectivity index (χ1) is 11.0. The number of hydrogen-bond donors (Lipinski definition) is 1. The highest BCUT2D eigenvalue weighted by Gasteiger charge is 2.83. The van der Waals surface area contributed by atoms with Gasteiger partial charge in [0.05, 0.1) is 36.1 Å². The van der Waals surface area contributed by atoms with Gasteiger partial charge in [-0.2, -0.15) is 26.3 Å². The lowest BCUT2D eigenvalue weighted by atomic mass is 9.84. The molecule has 1 saturated carbocycles. The van der Waals surface area contributed by atoms with Gasteiger partial charge < -0.3 is 5.41 Å². The summed E-state index contributed by atoms with van der Waals surface area (Å²) in [5, 5.41) is 54.8. The number of nitriles is 5. The molecule has 2 rings (SSSR count). The summed E-state index contributed by atoms with van der Waals surface area (Å²) in [6.07, 6.45) is 0. The van der Waals surface area contributed by atoms with Gasteiger partial charge in [-0.05, 0) is 17.7 Å². The van der Waals surface area contributed by atoms with Crippen LogP contribution in [0.4, 0.5) is 0 Å². The molecule has 23 heavy (non-hydrogen) atoms. The molecule has 1 fully saturated rings. The first-order valence-corrected chi connectivity index (χ1v) is 7.15. The third kappa shape index (κ3) is 1.91. The Hall–Kier alpha value is -3.18. The molecule has 0 bridgehead atoms. The van der Waals surface area contributed by atoms with Crippen molar-refractivity contribution in [1.29, 1.82) is 31.7 Å². The Kier molecular flexibility index (Phi) is 3.91. The number of hydrogen-bond acceptors (Lipinski definition) is 6. The summed E-state index contributed by atoms with van der Waals surface area (Å²) < 4.78 is 0.696. The Bertz CT molecular complexity index is 873. The molecule has 1 aliphatic carbocycles. The molecule has 0 heterocycles. The van der Waals surface area contributed by atoms with Gasteiger partial charge >= 0.3 is 0 Å². The highest BCUT2D eigenvalue weighted by Crippen LogP contribution is 2.74. The Morgan fingerprint density at radius 1 is 1.09 bits per heavy atom. The lowest BCUT2D eigenvalue weighted by Gasteiger charge is -2.11. The normalized spacial score (nSPS) is 23.4. The smallest absolute Gasteiger partial charge is 0.177 e. The monoisotopic (exact) mass is 362 g/mol. The molecule has 0 saturated heterocycles. The van der Waals surface area contributed by atoms with Crippen molar-refractivity contribution in [2.45, 2.75) is 5.92 Å². The van der Waals surface area contributed by atoms with E-state index < -0.39 is 28.4 Å². The van der Waals surface area contributed by atoms with Crippen LogP contribution in [0.15, 0.2) is 28.7 Å². The largest absolute Gasteiger partial charge is 0.305 e. The Labute approximate surface area is 141 Å². The molecule has 7 heteroatoms. The number of nitrogens with zero attached hydrogens (tertiary/aromatic N) is 5. The van der Waals surface area contributed by atoms with Crippen LogP contribution < -0.4 is 0 Å². The zero-order valence-electron chi connectivity index (χ0n) is 11.6. The van der Waals surface area contributed by atoms with E-state index in [4.69, 9.17) is 15.9 Å². The zero-order valence-corrected chi connectivity index (χ0v) is 13.2. The molecular formula is C16H7BrN6. The minimum Gasteiger partial charge on any atom is -0.305 e. The molecule has 0 aliphatic heterocycles. The van der Waals surface area contributed by atoms with Crippen LogP contribution in [0.25, 0.3) is 0 Å². The van der Waals surface area contributed by atoms with Crippen molar-refractivity contribution >= 4 is 21.6 Å². The predicted octanol–water partition coefficient (Wildman–Crippen LogP) is 2.77. The van der Waals surface area contributed by atoms with Crippen LogP contribution in [0, 0.1) is 78.8 Å². The second-order valence-corrected chi connectivity index (χ2v) is 5.96. The summed E-state index contributed by atoms with van der Waals surface area (Å²) in [5.74, 6) is -2.36. The minimum atomic E-state index is -1.80. The van der Waals surface area contributed by atoms with E-state index in [-0.39, 0.29) is 0 Å². The molecule has 0 amide bonds. The molecule has 1 aliphatic rings. The van der Waals surface area contributed by atoms with Crippen LogP contribution in [-0.4, -0.2) is 5.71 Å². The number of nitrogens with one attached hydrogen (secondary N) is 1. The molecule has 0 spiro atoms. The van der Waals surface area contributed by atoms with Crippen molar-refractivity contribution < 1.29 is 0 Å². The fourth-order valence-corrected chi connectivity index (χ4v) is 3.37. The van der Waals surface area contributed by atoms with Gasteiger partial charge in [-0.15, -0.1) is 0 Å². The molecular weight excluding hydrogens is 356 g/mol. The fraction of sp³-hybridized carbons (Fsp3) is 0.250. The van der Waals surface area contributed by atoms with Crippen LogP contribution in [0.2, 0.25) is 0 Å². The van der Waals surface area contributed by atoms with Crippen molar-refractivity contribution in [3.8, 4) is 30.3 Å². The second kappa shape index (κ2) is 5.55. The number of halogens is 1. The number of benzene rings is 1. The summed E-state index contributed by atoms with van der Waals surface area (Å²) in [6, 6.07) is 15.6. The van der Waals surface area contributed by atoms with Crippen LogP contribution in [-0.2, 0) is 0 Å². The van der Waals surface area contributed by atoms with Gasteiger partial charge in [0.25, 0.3) is 0 Å². The Morgan fingerprint density at radius 3 is 2.13 bits per heavy atom. The zero-order chi connectivity index (χ0) is 17.3. The fourth-order valence-electron chi connectivity index (χ4n) is 2.96. The standard InChI is InChI=1S/C16H7BrN6/c17-12-3-1-2-10(4-12)13-15(7-20,8-21)16(13,9-22)14(23)11(5-18)6-19/h1-4,11,13,23H/t13-,16-/m0/s1. The van der Waals surface area contributed by atoms with Gasteiger partial charge in [-0.25, -0.2) is 0 Å².